The summed E-state index contributed by atoms with van der Waals surface area (Å²) in [7, 11) is 0.734. The molecule has 124 valence electrons. The zero-order valence-corrected chi connectivity index (χ0v) is 13.9. The minimum atomic E-state index is -0.853. The number of carbonyl (C=O) groups excluding carboxylic acids is 3. The molecule has 0 aromatic rings. The molecule has 1 unspecified atom stereocenters. The molecule has 0 fully saturated rings. The van der Waals surface area contributed by atoms with Crippen LogP contribution >= 0.6 is 8.38 Å². The molecular weight excluding hydrogens is 307 g/mol. The molecule has 1 atom stereocenters. The number of hydrogen-bond donors (Lipinski definition) is 1. The number of nitrogens with zero attached hydrogens (tertiary/aromatic N) is 1. The predicted molar refractivity (Wildman–Crippen MR) is 83.1 cm³/mol. The first-order valence-corrected chi connectivity index (χ1v) is 8.88. The van der Waals surface area contributed by atoms with Gasteiger partial charge in [-0.15, -0.1) is 0 Å². The van der Waals surface area contributed by atoms with E-state index in [4.69, 9.17) is 9.05 Å². The van der Waals surface area contributed by atoms with Gasteiger partial charge in [-0.3, -0.25) is 19.3 Å². The molecule has 0 aliphatic carbocycles. The maximum absolute atomic E-state index is 11.6. The van der Waals surface area contributed by atoms with Crippen molar-refractivity contribution in [2.75, 3.05) is 33.5 Å². The Labute approximate surface area is 131 Å². The molecule has 0 aromatic heterocycles. The quantitative estimate of drug-likeness (QED) is 0.349. The summed E-state index contributed by atoms with van der Waals surface area (Å²) < 4.78 is 10.3. The van der Waals surface area contributed by atoms with Gasteiger partial charge in [0.1, 0.15) is 0 Å². The normalized spacial score (nSPS) is 15.5. The summed E-state index contributed by atoms with van der Waals surface area (Å²) in [6.07, 6.45) is 5.24. The molecule has 22 heavy (non-hydrogen) atoms. The fraction of sp³-hybridized carbons (Fsp3) is 0.643. The van der Waals surface area contributed by atoms with Crippen LogP contribution in [0.4, 0.5) is 0 Å². The number of unbranched alkanes of at least 4 members (excludes halogenated alkanes) is 2. The summed E-state index contributed by atoms with van der Waals surface area (Å²) >= 11 is 0. The van der Waals surface area contributed by atoms with E-state index >= 15 is 0 Å². The summed E-state index contributed by atoms with van der Waals surface area (Å²) in [5.41, 5.74) is 0. The van der Waals surface area contributed by atoms with Crippen molar-refractivity contribution in [1.29, 1.82) is 0 Å². The Morgan fingerprint density at radius 1 is 1.23 bits per heavy atom. The number of nitrogens with one attached hydrogen (secondary N) is 1. The van der Waals surface area contributed by atoms with Crippen LogP contribution in [0, 0.1) is 0 Å². The third-order valence-corrected chi connectivity index (χ3v) is 4.20. The van der Waals surface area contributed by atoms with Gasteiger partial charge in [0, 0.05) is 45.4 Å². The lowest BCUT2D eigenvalue weighted by molar-refractivity contribution is -0.136. The molecular formula is C14H23N2O5P. The lowest BCUT2D eigenvalue weighted by Crippen LogP contribution is -2.31. The lowest BCUT2D eigenvalue weighted by Gasteiger charge is -2.13. The maximum atomic E-state index is 11.6. The van der Waals surface area contributed by atoms with E-state index in [1.165, 1.54) is 17.1 Å². The molecule has 0 saturated carbocycles. The van der Waals surface area contributed by atoms with Crippen LogP contribution in [-0.4, -0.2) is 56.1 Å². The van der Waals surface area contributed by atoms with Gasteiger partial charge < -0.3 is 14.4 Å². The second-order valence-corrected chi connectivity index (χ2v) is 6.28. The Bertz CT molecular complexity index is 409. The SMILES string of the molecule is COP(C)OCCNC(=O)CCCCCN1C(=O)C=CC1=O. The molecule has 1 N–H and O–H groups in total. The van der Waals surface area contributed by atoms with Gasteiger partial charge in [-0.25, -0.2) is 0 Å². The summed E-state index contributed by atoms with van der Waals surface area (Å²) in [5.74, 6) is -0.527. The first-order chi connectivity index (χ1) is 10.5. The van der Waals surface area contributed by atoms with Crippen molar-refractivity contribution in [3.05, 3.63) is 12.2 Å². The maximum Gasteiger partial charge on any atom is 0.253 e. The van der Waals surface area contributed by atoms with Gasteiger partial charge in [0.25, 0.3) is 11.8 Å². The number of hydrogen-bond acceptors (Lipinski definition) is 5. The van der Waals surface area contributed by atoms with Gasteiger partial charge in [-0.2, -0.15) is 0 Å². The van der Waals surface area contributed by atoms with Crippen LogP contribution < -0.4 is 5.32 Å². The van der Waals surface area contributed by atoms with Crippen molar-refractivity contribution in [3.63, 3.8) is 0 Å². The minimum Gasteiger partial charge on any atom is -0.354 e. The highest BCUT2D eigenvalue weighted by molar-refractivity contribution is 7.46. The smallest absolute Gasteiger partial charge is 0.253 e. The zero-order valence-electron chi connectivity index (χ0n) is 13.0. The standard InChI is InChI=1S/C14H23N2O5P/c1-20-22(2)21-11-9-15-12(17)6-4-3-5-10-16-13(18)7-8-14(16)19/h7-8H,3-6,9-11H2,1-2H3,(H,15,17). The average Bonchev–Trinajstić information content (AvgIpc) is 2.82. The number of carbonyl (C=O) groups is 3. The lowest BCUT2D eigenvalue weighted by atomic mass is 10.2. The van der Waals surface area contributed by atoms with Crippen LogP contribution in [0.15, 0.2) is 12.2 Å². The van der Waals surface area contributed by atoms with E-state index in [0.717, 1.165) is 12.8 Å². The van der Waals surface area contributed by atoms with Gasteiger partial charge in [-0.1, -0.05) is 6.42 Å². The Kier molecular flexibility index (Phi) is 8.89. The third kappa shape index (κ3) is 7.11. The molecule has 8 heteroatoms. The second-order valence-electron chi connectivity index (χ2n) is 4.78. The Balaban J connectivity index is 1.97. The summed E-state index contributed by atoms with van der Waals surface area (Å²) in [6, 6.07) is 0. The monoisotopic (exact) mass is 330 g/mol. The van der Waals surface area contributed by atoms with Gasteiger partial charge in [-0.05, 0) is 12.8 Å². The van der Waals surface area contributed by atoms with E-state index in [2.05, 4.69) is 5.32 Å². The zero-order chi connectivity index (χ0) is 16.4. The number of rotatable bonds is 11. The van der Waals surface area contributed by atoms with Gasteiger partial charge in [0.05, 0.1) is 6.61 Å². The Morgan fingerprint density at radius 3 is 2.55 bits per heavy atom. The highest BCUT2D eigenvalue weighted by Gasteiger charge is 2.22. The highest BCUT2D eigenvalue weighted by Crippen LogP contribution is 2.30. The summed E-state index contributed by atoms with van der Waals surface area (Å²) in [5, 5.41) is 2.77. The van der Waals surface area contributed by atoms with E-state index in [1.807, 2.05) is 6.66 Å². The molecule has 1 aliphatic rings. The first-order valence-electron chi connectivity index (χ1n) is 7.25. The molecule has 0 saturated heterocycles. The van der Waals surface area contributed by atoms with Crippen molar-refractivity contribution in [2.45, 2.75) is 25.7 Å². The van der Waals surface area contributed by atoms with E-state index in [0.29, 0.717) is 32.5 Å². The molecule has 0 aromatic carbocycles. The summed E-state index contributed by atoms with van der Waals surface area (Å²) in [4.78, 5) is 35.4. The van der Waals surface area contributed by atoms with Crippen LogP contribution in [0.3, 0.4) is 0 Å². The van der Waals surface area contributed by atoms with E-state index in [9.17, 15) is 14.4 Å². The fourth-order valence-electron chi connectivity index (χ4n) is 1.89. The van der Waals surface area contributed by atoms with Crippen LogP contribution in [0.2, 0.25) is 0 Å². The van der Waals surface area contributed by atoms with E-state index in [-0.39, 0.29) is 17.7 Å². The molecule has 7 nitrogen and oxygen atoms in total. The molecule has 0 spiro atoms. The molecule has 3 amide bonds. The van der Waals surface area contributed by atoms with Crippen molar-refractivity contribution < 1.29 is 23.4 Å². The van der Waals surface area contributed by atoms with Crippen molar-refractivity contribution in [2.24, 2.45) is 0 Å². The highest BCUT2D eigenvalue weighted by atomic mass is 31.2. The largest absolute Gasteiger partial charge is 0.354 e. The van der Waals surface area contributed by atoms with Crippen LogP contribution in [-0.2, 0) is 23.4 Å². The molecule has 0 radical (unpaired) electrons. The van der Waals surface area contributed by atoms with E-state index in [1.54, 1.807) is 7.11 Å². The fourth-order valence-corrected chi connectivity index (χ4v) is 2.34. The minimum absolute atomic E-state index is 0.0172. The third-order valence-electron chi connectivity index (χ3n) is 3.14. The summed E-state index contributed by atoms with van der Waals surface area (Å²) in [6.45, 7) is 3.17. The van der Waals surface area contributed by atoms with Gasteiger partial charge in [0.2, 0.25) is 5.91 Å². The molecule has 1 heterocycles. The molecule has 1 rings (SSSR count). The van der Waals surface area contributed by atoms with Crippen LogP contribution in [0.5, 0.6) is 0 Å². The average molecular weight is 330 g/mol. The Hall–Kier alpha value is -1.30. The second kappa shape index (κ2) is 10.4. The molecule has 0 bridgehead atoms. The molecule has 1 aliphatic heterocycles. The van der Waals surface area contributed by atoms with Crippen molar-refractivity contribution >= 4 is 26.1 Å². The number of imide groups is 1. The Morgan fingerprint density at radius 2 is 1.91 bits per heavy atom. The van der Waals surface area contributed by atoms with Crippen LogP contribution in [0.25, 0.3) is 0 Å². The first kappa shape index (κ1) is 18.7. The van der Waals surface area contributed by atoms with Crippen LogP contribution in [0.1, 0.15) is 25.7 Å². The predicted octanol–water partition coefficient (Wildman–Crippen LogP) is 1.19. The topological polar surface area (TPSA) is 84.9 Å². The van der Waals surface area contributed by atoms with Crippen molar-refractivity contribution in [1.82, 2.24) is 10.2 Å². The van der Waals surface area contributed by atoms with Gasteiger partial charge in [0.15, 0.2) is 8.38 Å². The van der Waals surface area contributed by atoms with Crippen molar-refractivity contribution in [3.8, 4) is 0 Å². The van der Waals surface area contributed by atoms with E-state index < -0.39 is 8.38 Å². The number of amides is 3. The van der Waals surface area contributed by atoms with Gasteiger partial charge >= 0.3 is 0 Å².